The highest BCUT2D eigenvalue weighted by atomic mass is 35.5. The van der Waals surface area contributed by atoms with Crippen LogP contribution in [0, 0.1) is 6.92 Å². The van der Waals surface area contributed by atoms with Gasteiger partial charge >= 0.3 is 6.18 Å². The Morgan fingerprint density at radius 1 is 0.892 bits per heavy atom. The molecule has 0 aliphatic carbocycles. The van der Waals surface area contributed by atoms with Crippen molar-refractivity contribution in [1.29, 1.82) is 0 Å². The maximum atomic E-state index is 13.1. The second-order valence-corrected chi connectivity index (χ2v) is 9.06. The van der Waals surface area contributed by atoms with Crippen LogP contribution in [-0.2, 0) is 15.8 Å². The van der Waals surface area contributed by atoms with Crippen molar-refractivity contribution in [3.63, 3.8) is 0 Å². The highest BCUT2D eigenvalue weighted by molar-refractivity contribution is 6.53. The number of nitrogens with zero attached hydrogens (tertiary/aromatic N) is 1. The van der Waals surface area contributed by atoms with E-state index in [1.165, 1.54) is 24.3 Å². The third kappa shape index (κ3) is 5.29. The smallest absolute Gasteiger partial charge is 0.350 e. The Morgan fingerprint density at radius 2 is 1.59 bits per heavy atom. The summed E-state index contributed by atoms with van der Waals surface area (Å²) in [6.45, 7) is 1.65. The minimum Gasteiger partial charge on any atom is -0.350 e. The third-order valence-corrected chi connectivity index (χ3v) is 6.53. The van der Waals surface area contributed by atoms with E-state index >= 15 is 0 Å². The number of benzene rings is 3. The van der Waals surface area contributed by atoms with Gasteiger partial charge in [-0.05, 0) is 61.0 Å². The van der Waals surface area contributed by atoms with Crippen molar-refractivity contribution < 1.29 is 27.6 Å². The molecule has 37 heavy (non-hydrogen) atoms. The molecule has 1 heterocycles. The number of rotatable bonds is 5. The Labute approximate surface area is 223 Å². The first-order valence-electron chi connectivity index (χ1n) is 10.5. The van der Waals surface area contributed by atoms with Crippen LogP contribution in [-0.4, -0.2) is 17.7 Å². The van der Waals surface area contributed by atoms with E-state index in [0.717, 1.165) is 23.1 Å². The quantitative estimate of drug-likeness (QED) is 0.325. The molecule has 3 amide bonds. The van der Waals surface area contributed by atoms with E-state index in [2.05, 4.69) is 10.6 Å². The number of alkyl halides is 3. The summed E-state index contributed by atoms with van der Waals surface area (Å²) in [5, 5.41) is 5.00. The van der Waals surface area contributed by atoms with E-state index < -0.39 is 29.5 Å². The molecule has 0 saturated carbocycles. The normalized spacial score (nSPS) is 13.9. The number of halogens is 6. The molecule has 0 aromatic heterocycles. The Balaban J connectivity index is 1.57. The van der Waals surface area contributed by atoms with E-state index in [4.69, 9.17) is 34.8 Å². The van der Waals surface area contributed by atoms with Gasteiger partial charge in [0.15, 0.2) is 0 Å². The summed E-state index contributed by atoms with van der Waals surface area (Å²) in [5.74, 6) is -2.24. The molecule has 0 spiro atoms. The number of hydrogen-bond acceptors (Lipinski definition) is 4. The molecule has 0 unspecified atom stereocenters. The van der Waals surface area contributed by atoms with Crippen LogP contribution < -0.4 is 15.5 Å². The van der Waals surface area contributed by atoms with Crippen LogP contribution in [0.25, 0.3) is 0 Å². The van der Waals surface area contributed by atoms with Gasteiger partial charge in [-0.25, -0.2) is 4.90 Å². The lowest BCUT2D eigenvalue weighted by molar-refractivity contribution is -0.137. The molecule has 0 atom stereocenters. The van der Waals surface area contributed by atoms with Crippen molar-refractivity contribution in [2.45, 2.75) is 13.1 Å². The van der Waals surface area contributed by atoms with Crippen molar-refractivity contribution in [2.75, 3.05) is 15.5 Å². The summed E-state index contributed by atoms with van der Waals surface area (Å²) in [7, 11) is 0. The molecule has 6 nitrogen and oxygen atoms in total. The van der Waals surface area contributed by atoms with E-state index in [-0.39, 0.29) is 38.4 Å². The molecule has 0 saturated heterocycles. The van der Waals surface area contributed by atoms with Crippen molar-refractivity contribution in [3.8, 4) is 0 Å². The Kier molecular flexibility index (Phi) is 7.23. The molecule has 3 aromatic carbocycles. The minimum absolute atomic E-state index is 0.0366. The molecule has 0 radical (unpaired) electrons. The maximum absolute atomic E-state index is 13.1. The molecule has 2 N–H and O–H groups in total. The molecule has 1 aliphatic rings. The summed E-state index contributed by atoms with van der Waals surface area (Å²) in [4.78, 5) is 39.5. The predicted molar refractivity (Wildman–Crippen MR) is 136 cm³/mol. The fraction of sp³-hybridized carbons (Fsp3) is 0.0800. The third-order valence-electron chi connectivity index (χ3n) is 5.44. The largest absolute Gasteiger partial charge is 0.416 e. The maximum Gasteiger partial charge on any atom is 0.416 e. The predicted octanol–water partition coefficient (Wildman–Crippen LogP) is 7.01. The molecule has 0 fully saturated rings. The van der Waals surface area contributed by atoms with Crippen LogP contribution in [0.1, 0.15) is 21.5 Å². The standard InChI is InChI=1S/C25H15Cl3F3N3O3/c1-12-16(26)6-3-7-19(12)34-23(36)20(28)21(24(34)37)32-15-5-2-4-13(10-15)22(35)33-18-11-14(25(29,30)31)8-9-17(18)27/h2-11,32H,1H3,(H,33,35). The van der Waals surface area contributed by atoms with Crippen molar-refractivity contribution in [2.24, 2.45) is 0 Å². The van der Waals surface area contributed by atoms with Crippen LogP contribution in [0.3, 0.4) is 0 Å². The summed E-state index contributed by atoms with van der Waals surface area (Å²) in [6.07, 6.45) is -4.62. The summed E-state index contributed by atoms with van der Waals surface area (Å²) >= 11 is 18.3. The summed E-state index contributed by atoms with van der Waals surface area (Å²) < 4.78 is 39.1. The number of amides is 3. The van der Waals surface area contributed by atoms with E-state index in [9.17, 15) is 27.6 Å². The average Bonchev–Trinajstić information content (AvgIpc) is 3.05. The van der Waals surface area contributed by atoms with Gasteiger partial charge in [0.1, 0.15) is 10.7 Å². The van der Waals surface area contributed by atoms with Gasteiger partial charge in [-0.3, -0.25) is 14.4 Å². The fourth-order valence-corrected chi connectivity index (χ4v) is 4.09. The van der Waals surface area contributed by atoms with Gasteiger partial charge in [0.2, 0.25) is 0 Å². The Bertz CT molecular complexity index is 1490. The van der Waals surface area contributed by atoms with Crippen LogP contribution in [0.2, 0.25) is 10.0 Å². The van der Waals surface area contributed by atoms with Gasteiger partial charge < -0.3 is 10.6 Å². The van der Waals surface area contributed by atoms with Crippen LogP contribution in [0.4, 0.5) is 30.2 Å². The lowest BCUT2D eigenvalue weighted by Gasteiger charge is -2.18. The monoisotopic (exact) mass is 567 g/mol. The zero-order valence-corrected chi connectivity index (χ0v) is 21.0. The van der Waals surface area contributed by atoms with Gasteiger partial charge in [0, 0.05) is 16.3 Å². The molecular formula is C25H15Cl3F3N3O3. The molecule has 1 aliphatic heterocycles. The zero-order chi connectivity index (χ0) is 27.1. The van der Waals surface area contributed by atoms with E-state index in [1.54, 1.807) is 25.1 Å². The SMILES string of the molecule is Cc1c(Cl)cccc1N1C(=O)C(Cl)=C(Nc2cccc(C(=O)Nc3cc(C(F)(F)F)ccc3Cl)c2)C1=O. The number of anilines is 3. The van der Waals surface area contributed by atoms with Crippen LogP contribution in [0.15, 0.2) is 71.4 Å². The molecule has 3 aromatic rings. The van der Waals surface area contributed by atoms with Crippen molar-refractivity contribution >= 4 is 69.6 Å². The Hall–Kier alpha value is -3.53. The van der Waals surface area contributed by atoms with Crippen molar-refractivity contribution in [1.82, 2.24) is 0 Å². The second-order valence-electron chi connectivity index (χ2n) is 7.87. The molecular weight excluding hydrogens is 554 g/mol. The first-order valence-corrected chi connectivity index (χ1v) is 11.6. The summed E-state index contributed by atoms with van der Waals surface area (Å²) in [5.41, 5.74) is -0.393. The van der Waals surface area contributed by atoms with Crippen LogP contribution >= 0.6 is 34.8 Å². The number of carbonyl (C=O) groups excluding carboxylic acids is 3. The Morgan fingerprint density at radius 3 is 2.30 bits per heavy atom. The lowest BCUT2D eigenvalue weighted by atomic mass is 10.1. The molecule has 12 heteroatoms. The fourth-order valence-electron chi connectivity index (χ4n) is 3.54. The van der Waals surface area contributed by atoms with Crippen molar-refractivity contribution in [3.05, 3.63) is 98.1 Å². The first kappa shape index (κ1) is 26.5. The summed E-state index contributed by atoms with van der Waals surface area (Å²) in [6, 6.07) is 13.0. The lowest BCUT2D eigenvalue weighted by Crippen LogP contribution is -2.32. The number of hydrogen-bond donors (Lipinski definition) is 2. The second kappa shape index (κ2) is 10.1. The molecule has 190 valence electrons. The van der Waals surface area contributed by atoms with E-state index in [0.29, 0.717) is 10.6 Å². The van der Waals surface area contributed by atoms with Gasteiger partial charge in [-0.2, -0.15) is 13.2 Å². The zero-order valence-electron chi connectivity index (χ0n) is 18.7. The minimum atomic E-state index is -4.62. The van der Waals surface area contributed by atoms with E-state index in [1.807, 2.05) is 0 Å². The first-order chi connectivity index (χ1) is 17.4. The highest BCUT2D eigenvalue weighted by Crippen LogP contribution is 2.35. The highest BCUT2D eigenvalue weighted by Gasteiger charge is 2.39. The van der Waals surface area contributed by atoms with Gasteiger partial charge in [0.05, 0.1) is 22.0 Å². The number of nitrogens with one attached hydrogen (secondary N) is 2. The van der Waals surface area contributed by atoms with Gasteiger partial charge in [0.25, 0.3) is 17.7 Å². The molecule has 0 bridgehead atoms. The average molecular weight is 569 g/mol. The number of carbonyl (C=O) groups is 3. The van der Waals surface area contributed by atoms with Gasteiger partial charge in [-0.15, -0.1) is 0 Å². The number of imide groups is 1. The molecule has 4 rings (SSSR count). The topological polar surface area (TPSA) is 78.5 Å². The van der Waals surface area contributed by atoms with Gasteiger partial charge in [-0.1, -0.05) is 46.9 Å². The van der Waals surface area contributed by atoms with Crippen LogP contribution in [0.5, 0.6) is 0 Å².